The molecule has 1 saturated carbocycles. The van der Waals surface area contributed by atoms with Crippen molar-refractivity contribution in [2.24, 2.45) is 5.41 Å². The Morgan fingerprint density at radius 3 is 2.70 bits per heavy atom. The fourth-order valence-electron chi connectivity index (χ4n) is 3.59. The molecule has 2 fully saturated rings. The van der Waals surface area contributed by atoms with E-state index in [1.54, 1.807) is 0 Å². The maximum Gasteiger partial charge on any atom is 0.239 e. The smallest absolute Gasteiger partial charge is 0.239 e. The van der Waals surface area contributed by atoms with E-state index in [0.29, 0.717) is 13.2 Å². The molecule has 1 saturated heterocycles. The number of carbonyl (C=O) groups excluding carboxylic acids is 1. The van der Waals surface area contributed by atoms with Gasteiger partial charge in [0.15, 0.2) is 0 Å². The van der Waals surface area contributed by atoms with E-state index >= 15 is 0 Å². The molecule has 0 bridgehead atoms. The van der Waals surface area contributed by atoms with E-state index in [0.717, 1.165) is 32.4 Å². The van der Waals surface area contributed by atoms with Crippen molar-refractivity contribution < 1.29 is 14.3 Å². The van der Waals surface area contributed by atoms with Crippen molar-refractivity contribution in [2.45, 2.75) is 58.2 Å². The van der Waals surface area contributed by atoms with Crippen molar-refractivity contribution >= 4 is 5.91 Å². The number of carbonyl (C=O) groups is 1. The Hall–Kier alpha value is -0.650. The van der Waals surface area contributed by atoms with Crippen molar-refractivity contribution in [2.75, 3.05) is 26.4 Å². The lowest BCUT2D eigenvalue weighted by molar-refractivity contribution is -0.150. The summed E-state index contributed by atoms with van der Waals surface area (Å²) in [6, 6.07) is 0.0200. The standard InChI is InChI=1S/C15H28N2O3/c1-4-15(5-2)12(9-13(15)20-6-3)17-14(18)11-10-19-8-7-16-11/h11-13,16H,4-10H2,1-3H3,(H,17,18). The zero-order chi connectivity index (χ0) is 14.6. The van der Waals surface area contributed by atoms with E-state index in [-0.39, 0.29) is 29.5 Å². The molecule has 1 amide bonds. The fourth-order valence-corrected chi connectivity index (χ4v) is 3.59. The van der Waals surface area contributed by atoms with Gasteiger partial charge < -0.3 is 20.1 Å². The fraction of sp³-hybridized carbons (Fsp3) is 0.933. The van der Waals surface area contributed by atoms with Gasteiger partial charge in [-0.2, -0.15) is 0 Å². The molecule has 2 N–H and O–H groups in total. The van der Waals surface area contributed by atoms with Crippen LogP contribution in [0.4, 0.5) is 0 Å². The lowest BCUT2D eigenvalue weighted by Crippen LogP contribution is -2.66. The molecule has 3 unspecified atom stereocenters. The minimum Gasteiger partial charge on any atom is -0.378 e. The maximum atomic E-state index is 12.3. The first kappa shape index (κ1) is 15.7. The minimum absolute atomic E-state index is 0.0657. The quantitative estimate of drug-likeness (QED) is 0.766. The Bertz CT molecular complexity index is 325. The highest BCUT2D eigenvalue weighted by molar-refractivity contribution is 5.82. The molecule has 0 radical (unpaired) electrons. The molecule has 2 aliphatic rings. The largest absolute Gasteiger partial charge is 0.378 e. The number of ether oxygens (including phenoxy) is 2. The van der Waals surface area contributed by atoms with Crippen molar-refractivity contribution in [3.8, 4) is 0 Å². The van der Waals surface area contributed by atoms with Crippen LogP contribution in [0, 0.1) is 5.41 Å². The van der Waals surface area contributed by atoms with Gasteiger partial charge in [0.05, 0.1) is 19.3 Å². The molecule has 20 heavy (non-hydrogen) atoms. The molecule has 5 heteroatoms. The lowest BCUT2D eigenvalue weighted by atomic mass is 9.58. The number of amides is 1. The van der Waals surface area contributed by atoms with Gasteiger partial charge in [-0.15, -0.1) is 0 Å². The van der Waals surface area contributed by atoms with Crippen molar-refractivity contribution in [3.05, 3.63) is 0 Å². The molecule has 0 aromatic rings. The van der Waals surface area contributed by atoms with Gasteiger partial charge in [-0.25, -0.2) is 0 Å². The summed E-state index contributed by atoms with van der Waals surface area (Å²) in [6.45, 7) is 9.06. The summed E-state index contributed by atoms with van der Waals surface area (Å²) < 4.78 is 11.2. The molecule has 116 valence electrons. The van der Waals surface area contributed by atoms with E-state index in [9.17, 15) is 4.79 Å². The Morgan fingerprint density at radius 1 is 1.40 bits per heavy atom. The van der Waals surface area contributed by atoms with Crippen LogP contribution in [-0.2, 0) is 14.3 Å². The second-order valence-corrected chi connectivity index (χ2v) is 5.76. The zero-order valence-electron chi connectivity index (χ0n) is 12.9. The predicted molar refractivity (Wildman–Crippen MR) is 77.6 cm³/mol. The monoisotopic (exact) mass is 284 g/mol. The second kappa shape index (κ2) is 6.87. The number of morpholine rings is 1. The number of hydrogen-bond donors (Lipinski definition) is 2. The van der Waals surface area contributed by atoms with Gasteiger partial charge >= 0.3 is 0 Å². The van der Waals surface area contributed by atoms with E-state index in [1.165, 1.54) is 0 Å². The van der Waals surface area contributed by atoms with Crippen LogP contribution >= 0.6 is 0 Å². The van der Waals surface area contributed by atoms with Crippen LogP contribution < -0.4 is 10.6 Å². The molecule has 3 atom stereocenters. The Morgan fingerprint density at radius 2 is 2.15 bits per heavy atom. The number of rotatable bonds is 6. The molecule has 1 aliphatic carbocycles. The van der Waals surface area contributed by atoms with Crippen LogP contribution in [0.25, 0.3) is 0 Å². The Balaban J connectivity index is 1.93. The maximum absolute atomic E-state index is 12.3. The molecular formula is C15H28N2O3. The summed E-state index contributed by atoms with van der Waals surface area (Å²) in [6.07, 6.45) is 3.28. The number of nitrogens with one attached hydrogen (secondary N) is 2. The van der Waals surface area contributed by atoms with Gasteiger partial charge in [0.1, 0.15) is 6.04 Å². The molecule has 1 heterocycles. The third-order valence-corrected chi connectivity index (χ3v) is 5.02. The van der Waals surface area contributed by atoms with Gasteiger partial charge in [0, 0.05) is 24.6 Å². The topological polar surface area (TPSA) is 59.6 Å². The zero-order valence-corrected chi connectivity index (χ0v) is 12.9. The summed E-state index contributed by atoms with van der Waals surface area (Å²) in [5, 5.41) is 6.41. The van der Waals surface area contributed by atoms with Crippen LogP contribution in [0.3, 0.4) is 0 Å². The van der Waals surface area contributed by atoms with Crippen LogP contribution in [0.2, 0.25) is 0 Å². The Kier molecular flexibility index (Phi) is 5.41. The highest BCUT2D eigenvalue weighted by Crippen LogP contribution is 2.48. The Labute approximate surface area is 121 Å². The van der Waals surface area contributed by atoms with Crippen LogP contribution in [0.5, 0.6) is 0 Å². The summed E-state index contributed by atoms with van der Waals surface area (Å²) in [5.74, 6) is 0.0657. The molecule has 1 aliphatic heterocycles. The normalized spacial score (nSPS) is 32.5. The third-order valence-electron chi connectivity index (χ3n) is 5.02. The van der Waals surface area contributed by atoms with Crippen LogP contribution in [0.1, 0.15) is 40.0 Å². The molecule has 0 aromatic heterocycles. The molecule has 2 rings (SSSR count). The number of hydrogen-bond acceptors (Lipinski definition) is 4. The molecule has 0 spiro atoms. The van der Waals surface area contributed by atoms with Gasteiger partial charge in [-0.1, -0.05) is 13.8 Å². The van der Waals surface area contributed by atoms with Gasteiger partial charge in [-0.05, 0) is 26.2 Å². The van der Waals surface area contributed by atoms with Crippen molar-refractivity contribution in [1.29, 1.82) is 0 Å². The average molecular weight is 284 g/mol. The summed E-state index contributed by atoms with van der Waals surface area (Å²) in [7, 11) is 0. The van der Waals surface area contributed by atoms with E-state index in [2.05, 4.69) is 24.5 Å². The molecular weight excluding hydrogens is 256 g/mol. The van der Waals surface area contributed by atoms with Crippen LogP contribution in [0.15, 0.2) is 0 Å². The van der Waals surface area contributed by atoms with Gasteiger partial charge in [0.2, 0.25) is 5.91 Å². The van der Waals surface area contributed by atoms with E-state index < -0.39 is 0 Å². The highest BCUT2D eigenvalue weighted by Gasteiger charge is 2.54. The van der Waals surface area contributed by atoms with Gasteiger partial charge in [-0.3, -0.25) is 4.79 Å². The first-order chi connectivity index (χ1) is 9.67. The van der Waals surface area contributed by atoms with Crippen LogP contribution in [-0.4, -0.2) is 50.5 Å². The van der Waals surface area contributed by atoms with E-state index in [4.69, 9.17) is 9.47 Å². The first-order valence-electron chi connectivity index (χ1n) is 7.91. The van der Waals surface area contributed by atoms with Crippen molar-refractivity contribution in [3.63, 3.8) is 0 Å². The molecule has 5 nitrogen and oxygen atoms in total. The highest BCUT2D eigenvalue weighted by atomic mass is 16.5. The summed E-state index contributed by atoms with van der Waals surface area (Å²) >= 11 is 0. The minimum atomic E-state index is -0.207. The second-order valence-electron chi connectivity index (χ2n) is 5.76. The molecule has 0 aromatic carbocycles. The summed E-state index contributed by atoms with van der Waals surface area (Å²) in [5.41, 5.74) is 0.0984. The van der Waals surface area contributed by atoms with Gasteiger partial charge in [0.25, 0.3) is 0 Å². The summed E-state index contributed by atoms with van der Waals surface area (Å²) in [4.78, 5) is 12.3. The predicted octanol–water partition coefficient (Wildman–Crippen LogP) is 1.07. The first-order valence-corrected chi connectivity index (χ1v) is 7.91. The average Bonchev–Trinajstić information content (AvgIpc) is 2.48. The van der Waals surface area contributed by atoms with Crippen molar-refractivity contribution in [1.82, 2.24) is 10.6 Å². The third kappa shape index (κ3) is 2.85. The SMILES string of the molecule is CCOC1CC(NC(=O)C2COCCN2)C1(CC)CC. The van der Waals surface area contributed by atoms with E-state index in [1.807, 2.05) is 6.92 Å². The lowest BCUT2D eigenvalue weighted by Gasteiger charge is -2.55.